The molecule has 0 aliphatic heterocycles. The van der Waals surface area contributed by atoms with Crippen molar-refractivity contribution >= 4 is 33.4 Å². The highest BCUT2D eigenvalue weighted by Gasteiger charge is 2.15. The number of rotatable bonds is 8. The normalized spacial score (nSPS) is 10.9. The number of aromatic nitrogens is 2. The molecule has 0 aliphatic carbocycles. The van der Waals surface area contributed by atoms with Crippen LogP contribution in [-0.2, 0) is 29.2 Å². The highest BCUT2D eigenvalue weighted by molar-refractivity contribution is 7.17. The van der Waals surface area contributed by atoms with Gasteiger partial charge in [-0.25, -0.2) is 4.79 Å². The van der Waals surface area contributed by atoms with Crippen LogP contribution in [0.25, 0.3) is 10.2 Å². The van der Waals surface area contributed by atoms with E-state index in [0.717, 1.165) is 10.1 Å². The van der Waals surface area contributed by atoms with Gasteiger partial charge >= 0.3 is 5.69 Å². The van der Waals surface area contributed by atoms with Crippen LogP contribution in [0.1, 0.15) is 18.4 Å². The largest absolute Gasteiger partial charge is 0.368 e. The Morgan fingerprint density at radius 2 is 1.82 bits per heavy atom. The lowest BCUT2D eigenvalue weighted by Gasteiger charge is -2.11. The van der Waals surface area contributed by atoms with Gasteiger partial charge in [0.05, 0.1) is 5.52 Å². The van der Waals surface area contributed by atoms with Crippen LogP contribution in [0.4, 0.5) is 0 Å². The Bertz CT molecular complexity index is 1110. The molecule has 0 unspecified atom stereocenters. The predicted octanol–water partition coefficient (Wildman–Crippen LogP) is 0.807. The van der Waals surface area contributed by atoms with Crippen LogP contribution >= 0.6 is 11.3 Å². The first-order valence-corrected chi connectivity index (χ1v) is 9.65. The summed E-state index contributed by atoms with van der Waals surface area (Å²) in [6, 6.07) is 11.1. The molecule has 0 aliphatic rings. The van der Waals surface area contributed by atoms with Gasteiger partial charge in [0.25, 0.3) is 5.56 Å². The second-order valence-corrected chi connectivity index (χ2v) is 7.21. The molecule has 28 heavy (non-hydrogen) atoms. The molecule has 1 aromatic carbocycles. The Kier molecular flexibility index (Phi) is 6.05. The summed E-state index contributed by atoms with van der Waals surface area (Å²) in [5.74, 6) is -0.827. The second kappa shape index (κ2) is 8.66. The molecule has 3 rings (SSSR count). The molecule has 0 bridgehead atoms. The summed E-state index contributed by atoms with van der Waals surface area (Å²) >= 11 is 1.20. The molecule has 0 saturated carbocycles. The fourth-order valence-electron chi connectivity index (χ4n) is 2.92. The lowest BCUT2D eigenvalue weighted by atomic mass is 10.2. The Balaban J connectivity index is 1.68. The molecule has 3 aromatic rings. The van der Waals surface area contributed by atoms with Crippen LogP contribution < -0.4 is 22.3 Å². The average molecular weight is 400 g/mol. The van der Waals surface area contributed by atoms with Crippen molar-refractivity contribution in [1.82, 2.24) is 14.5 Å². The Morgan fingerprint density at radius 3 is 2.54 bits per heavy atom. The number of nitrogens with one attached hydrogen (secondary N) is 1. The van der Waals surface area contributed by atoms with Gasteiger partial charge in [-0.05, 0) is 23.4 Å². The van der Waals surface area contributed by atoms with Crippen molar-refractivity contribution in [3.8, 4) is 0 Å². The molecular weight excluding hydrogens is 380 g/mol. The van der Waals surface area contributed by atoms with Gasteiger partial charge in [0.2, 0.25) is 11.8 Å². The van der Waals surface area contributed by atoms with Gasteiger partial charge in [-0.15, -0.1) is 11.3 Å². The van der Waals surface area contributed by atoms with Crippen LogP contribution in [0.5, 0.6) is 0 Å². The molecule has 0 fully saturated rings. The summed E-state index contributed by atoms with van der Waals surface area (Å²) in [7, 11) is 0. The molecule has 146 valence electrons. The van der Waals surface area contributed by atoms with Gasteiger partial charge in [-0.1, -0.05) is 30.3 Å². The van der Waals surface area contributed by atoms with Crippen molar-refractivity contribution in [1.29, 1.82) is 0 Å². The Labute approximate surface area is 164 Å². The molecule has 3 N–H and O–H groups in total. The fourth-order valence-corrected chi connectivity index (χ4v) is 3.76. The van der Waals surface area contributed by atoms with E-state index in [0.29, 0.717) is 23.2 Å². The van der Waals surface area contributed by atoms with Gasteiger partial charge < -0.3 is 11.1 Å². The molecule has 0 saturated heterocycles. The third-order valence-corrected chi connectivity index (χ3v) is 5.16. The van der Waals surface area contributed by atoms with Gasteiger partial charge in [0.15, 0.2) is 0 Å². The number of fused-ring (bicyclic) bond motifs is 1. The SMILES string of the molecule is NC(=O)Cn1c(=O)n(CCCC(=O)NCc2ccccc2)c(=O)c2sccc21. The van der Waals surface area contributed by atoms with Crippen molar-refractivity contribution in [2.24, 2.45) is 5.73 Å². The van der Waals surface area contributed by atoms with Crippen LogP contribution in [-0.4, -0.2) is 20.9 Å². The minimum atomic E-state index is -0.667. The van der Waals surface area contributed by atoms with E-state index in [1.165, 1.54) is 15.9 Å². The molecule has 9 heteroatoms. The number of carbonyl (C=O) groups is 2. The summed E-state index contributed by atoms with van der Waals surface area (Å²) in [5, 5.41) is 4.49. The first-order valence-electron chi connectivity index (χ1n) is 8.77. The lowest BCUT2D eigenvalue weighted by Crippen LogP contribution is -2.41. The Morgan fingerprint density at radius 1 is 1.07 bits per heavy atom. The van der Waals surface area contributed by atoms with Gasteiger partial charge in [0, 0.05) is 19.5 Å². The van der Waals surface area contributed by atoms with E-state index in [1.807, 2.05) is 30.3 Å². The van der Waals surface area contributed by atoms with E-state index in [-0.39, 0.29) is 25.4 Å². The summed E-state index contributed by atoms with van der Waals surface area (Å²) in [4.78, 5) is 48.5. The number of nitrogens with two attached hydrogens (primary N) is 1. The number of hydrogen-bond acceptors (Lipinski definition) is 5. The van der Waals surface area contributed by atoms with Gasteiger partial charge in [-0.3, -0.25) is 23.5 Å². The topological polar surface area (TPSA) is 116 Å². The zero-order valence-electron chi connectivity index (χ0n) is 15.1. The highest BCUT2D eigenvalue weighted by Crippen LogP contribution is 2.15. The van der Waals surface area contributed by atoms with E-state index in [2.05, 4.69) is 5.32 Å². The monoisotopic (exact) mass is 400 g/mol. The summed E-state index contributed by atoms with van der Waals surface area (Å²) in [6.07, 6.45) is 0.500. The quantitative estimate of drug-likeness (QED) is 0.582. The Hall–Kier alpha value is -3.20. The van der Waals surface area contributed by atoms with Crippen molar-refractivity contribution < 1.29 is 9.59 Å². The molecule has 2 heterocycles. The summed E-state index contributed by atoms with van der Waals surface area (Å²) in [6.45, 7) is 0.207. The van der Waals surface area contributed by atoms with Crippen LogP contribution in [0.15, 0.2) is 51.4 Å². The molecular formula is C19H20N4O4S. The minimum Gasteiger partial charge on any atom is -0.368 e. The number of amides is 2. The number of benzene rings is 1. The first-order chi connectivity index (χ1) is 13.5. The second-order valence-electron chi connectivity index (χ2n) is 6.29. The molecule has 8 nitrogen and oxygen atoms in total. The van der Waals surface area contributed by atoms with Crippen LogP contribution in [0.3, 0.4) is 0 Å². The van der Waals surface area contributed by atoms with E-state index in [4.69, 9.17) is 5.73 Å². The van der Waals surface area contributed by atoms with E-state index < -0.39 is 17.2 Å². The first kappa shape index (κ1) is 19.6. The molecule has 0 spiro atoms. The minimum absolute atomic E-state index is 0.0863. The van der Waals surface area contributed by atoms with Crippen molar-refractivity contribution in [2.75, 3.05) is 0 Å². The van der Waals surface area contributed by atoms with Crippen LogP contribution in [0.2, 0.25) is 0 Å². The molecule has 2 amide bonds. The van der Waals surface area contributed by atoms with Crippen LogP contribution in [0, 0.1) is 0 Å². The fraction of sp³-hybridized carbons (Fsp3) is 0.263. The average Bonchev–Trinajstić information content (AvgIpc) is 3.17. The number of nitrogens with zero attached hydrogens (tertiary/aromatic N) is 2. The highest BCUT2D eigenvalue weighted by atomic mass is 32.1. The zero-order chi connectivity index (χ0) is 20.1. The predicted molar refractivity (Wildman–Crippen MR) is 107 cm³/mol. The van der Waals surface area contributed by atoms with E-state index in [1.54, 1.807) is 11.4 Å². The van der Waals surface area contributed by atoms with E-state index in [9.17, 15) is 19.2 Å². The van der Waals surface area contributed by atoms with Crippen molar-refractivity contribution in [2.45, 2.75) is 32.5 Å². The van der Waals surface area contributed by atoms with Gasteiger partial charge in [0.1, 0.15) is 11.2 Å². The maximum absolute atomic E-state index is 12.6. The number of primary amides is 1. The van der Waals surface area contributed by atoms with Crippen molar-refractivity contribution in [3.05, 3.63) is 68.2 Å². The lowest BCUT2D eigenvalue weighted by molar-refractivity contribution is -0.121. The maximum atomic E-state index is 12.6. The third kappa shape index (κ3) is 4.37. The molecule has 0 atom stereocenters. The molecule has 0 radical (unpaired) electrons. The summed E-state index contributed by atoms with van der Waals surface area (Å²) in [5.41, 5.74) is 5.60. The molecule has 2 aromatic heterocycles. The summed E-state index contributed by atoms with van der Waals surface area (Å²) < 4.78 is 2.64. The van der Waals surface area contributed by atoms with Gasteiger partial charge in [-0.2, -0.15) is 0 Å². The standard InChI is InChI=1S/C19H20N4O4S/c20-15(24)12-23-14-8-10-28-17(14)18(26)22(19(23)27)9-4-7-16(25)21-11-13-5-2-1-3-6-13/h1-3,5-6,8,10H,4,7,9,11-12H2,(H2,20,24)(H,21,25). The zero-order valence-corrected chi connectivity index (χ0v) is 15.9. The van der Waals surface area contributed by atoms with Crippen molar-refractivity contribution in [3.63, 3.8) is 0 Å². The number of hydrogen-bond donors (Lipinski definition) is 2. The third-order valence-electron chi connectivity index (χ3n) is 4.27. The number of carbonyl (C=O) groups excluding carboxylic acids is 2. The smallest absolute Gasteiger partial charge is 0.332 e. The van der Waals surface area contributed by atoms with E-state index >= 15 is 0 Å². The number of thiophene rings is 1. The maximum Gasteiger partial charge on any atom is 0.332 e.